The number of carbonyl (C=O) groups excluding carboxylic acids is 1. The monoisotopic (exact) mass is 370 g/mol. The van der Waals surface area contributed by atoms with Gasteiger partial charge in [-0.1, -0.05) is 18.2 Å². The van der Waals surface area contributed by atoms with E-state index in [9.17, 15) is 29.2 Å². The van der Waals surface area contributed by atoms with Crippen LogP contribution in [-0.2, 0) is 0 Å². The highest BCUT2D eigenvalue weighted by Crippen LogP contribution is 2.30. The van der Waals surface area contributed by atoms with Crippen LogP contribution >= 0.6 is 0 Å². The minimum absolute atomic E-state index is 0.0191. The summed E-state index contributed by atoms with van der Waals surface area (Å²) in [5.41, 5.74) is -0.665. The lowest BCUT2D eigenvalue weighted by Gasteiger charge is -2.07. The molecule has 3 N–H and O–H groups in total. The number of carboxylic acids is 1. The van der Waals surface area contributed by atoms with Gasteiger partial charge in [0.05, 0.1) is 4.92 Å². The second-order valence-corrected chi connectivity index (χ2v) is 5.40. The summed E-state index contributed by atoms with van der Waals surface area (Å²) >= 11 is 0. The molecule has 0 aliphatic heterocycles. The molecule has 9 nitrogen and oxygen atoms in total. The zero-order chi connectivity index (χ0) is 19.6. The van der Waals surface area contributed by atoms with E-state index in [0.29, 0.717) is 0 Å². The van der Waals surface area contributed by atoms with Crippen molar-refractivity contribution in [3.8, 4) is 11.3 Å². The maximum atomic E-state index is 13.5. The van der Waals surface area contributed by atoms with Crippen LogP contribution in [-0.4, -0.2) is 32.1 Å². The minimum atomic E-state index is -1.39. The first-order valence-electron chi connectivity index (χ1n) is 7.50. The van der Waals surface area contributed by atoms with Crippen LogP contribution in [0.2, 0.25) is 0 Å². The van der Waals surface area contributed by atoms with Crippen molar-refractivity contribution < 1.29 is 24.0 Å². The first-order chi connectivity index (χ1) is 12.9. The normalized spacial score (nSPS) is 10.4. The highest BCUT2D eigenvalue weighted by atomic mass is 19.1. The molecular weight excluding hydrogens is 359 g/mol. The van der Waals surface area contributed by atoms with Crippen molar-refractivity contribution in [1.82, 2.24) is 10.2 Å². The molecule has 0 saturated heterocycles. The molecular formula is C17H11FN4O5. The van der Waals surface area contributed by atoms with Crippen LogP contribution in [0.1, 0.15) is 20.8 Å². The summed E-state index contributed by atoms with van der Waals surface area (Å²) in [7, 11) is 0. The number of carbonyl (C=O) groups is 2. The maximum Gasteiger partial charge on any atom is 0.356 e. The summed E-state index contributed by atoms with van der Waals surface area (Å²) in [6, 6.07) is 10.2. The quantitative estimate of drug-likeness (QED) is 0.466. The van der Waals surface area contributed by atoms with Crippen LogP contribution < -0.4 is 5.32 Å². The molecule has 0 unspecified atom stereocenters. The molecule has 0 aliphatic rings. The zero-order valence-electron chi connectivity index (χ0n) is 13.5. The highest BCUT2D eigenvalue weighted by molar-refractivity contribution is 6.09. The Labute approximate surface area is 150 Å². The first-order valence-corrected chi connectivity index (χ1v) is 7.50. The molecule has 3 rings (SSSR count). The lowest BCUT2D eigenvalue weighted by atomic mass is 10.1. The fourth-order valence-electron chi connectivity index (χ4n) is 2.41. The third kappa shape index (κ3) is 3.63. The van der Waals surface area contributed by atoms with E-state index in [1.807, 2.05) is 0 Å². The first kappa shape index (κ1) is 17.7. The van der Waals surface area contributed by atoms with E-state index in [4.69, 9.17) is 0 Å². The van der Waals surface area contributed by atoms with Gasteiger partial charge in [0.25, 0.3) is 11.6 Å². The smallest absolute Gasteiger partial charge is 0.356 e. The molecule has 3 aromatic rings. The fourth-order valence-corrected chi connectivity index (χ4v) is 2.41. The molecule has 0 fully saturated rings. The van der Waals surface area contributed by atoms with E-state index < -0.39 is 28.3 Å². The predicted octanol–water partition coefficient (Wildman–Crippen LogP) is 3.07. The number of anilines is 1. The third-order valence-electron chi connectivity index (χ3n) is 3.64. The van der Waals surface area contributed by atoms with Crippen molar-refractivity contribution in [3.63, 3.8) is 0 Å². The van der Waals surface area contributed by atoms with Crippen molar-refractivity contribution in [2.45, 2.75) is 0 Å². The van der Waals surface area contributed by atoms with E-state index in [2.05, 4.69) is 15.5 Å². The number of nitrogens with zero attached hydrogens (tertiary/aromatic N) is 2. The van der Waals surface area contributed by atoms with Gasteiger partial charge in [-0.2, -0.15) is 5.10 Å². The van der Waals surface area contributed by atoms with Crippen LogP contribution in [0.25, 0.3) is 11.3 Å². The van der Waals surface area contributed by atoms with Gasteiger partial charge in [-0.25, -0.2) is 9.18 Å². The second-order valence-electron chi connectivity index (χ2n) is 5.40. The Balaban J connectivity index is 2.02. The molecule has 0 atom stereocenters. The zero-order valence-corrected chi connectivity index (χ0v) is 13.5. The van der Waals surface area contributed by atoms with Gasteiger partial charge in [0.1, 0.15) is 17.2 Å². The number of halogens is 1. The maximum absolute atomic E-state index is 13.5. The van der Waals surface area contributed by atoms with Crippen molar-refractivity contribution >= 4 is 23.3 Å². The number of aromatic nitrogens is 2. The highest BCUT2D eigenvalue weighted by Gasteiger charge is 2.23. The number of hydrogen-bond acceptors (Lipinski definition) is 5. The number of nitro groups is 1. The summed E-state index contributed by atoms with van der Waals surface area (Å²) in [5.74, 6) is -2.73. The van der Waals surface area contributed by atoms with Gasteiger partial charge in [-0.3, -0.25) is 20.0 Å². The molecule has 27 heavy (non-hydrogen) atoms. The average molecular weight is 370 g/mol. The Morgan fingerprint density at radius 3 is 2.59 bits per heavy atom. The Kier molecular flexibility index (Phi) is 4.62. The molecule has 0 radical (unpaired) electrons. The summed E-state index contributed by atoms with van der Waals surface area (Å²) in [4.78, 5) is 34.1. The summed E-state index contributed by atoms with van der Waals surface area (Å²) in [6.07, 6.45) is 0. The van der Waals surface area contributed by atoms with Gasteiger partial charge in [0.15, 0.2) is 5.69 Å². The Morgan fingerprint density at radius 2 is 1.93 bits per heavy atom. The van der Waals surface area contributed by atoms with Crippen molar-refractivity contribution in [2.75, 3.05) is 5.32 Å². The minimum Gasteiger partial charge on any atom is -0.476 e. The number of aromatic carboxylic acids is 1. The van der Waals surface area contributed by atoms with Gasteiger partial charge in [-0.15, -0.1) is 0 Å². The lowest BCUT2D eigenvalue weighted by Crippen LogP contribution is -2.15. The largest absolute Gasteiger partial charge is 0.476 e. The number of H-pyrrole nitrogens is 1. The number of nitro benzene ring substituents is 1. The molecule has 136 valence electrons. The molecule has 0 spiro atoms. The topological polar surface area (TPSA) is 138 Å². The fraction of sp³-hybridized carbons (Fsp3) is 0. The molecule has 0 bridgehead atoms. The number of rotatable bonds is 5. The Hall–Kier alpha value is -4.08. The van der Waals surface area contributed by atoms with Crippen molar-refractivity contribution in [2.24, 2.45) is 0 Å². The molecule has 0 aliphatic carbocycles. The molecule has 1 amide bonds. The molecule has 0 saturated carbocycles. The van der Waals surface area contributed by atoms with Crippen molar-refractivity contribution in [3.05, 3.63) is 75.7 Å². The van der Waals surface area contributed by atoms with E-state index >= 15 is 0 Å². The van der Waals surface area contributed by atoms with E-state index in [0.717, 1.165) is 12.1 Å². The lowest BCUT2D eigenvalue weighted by molar-refractivity contribution is -0.384. The molecule has 2 aromatic carbocycles. The van der Waals surface area contributed by atoms with Gasteiger partial charge >= 0.3 is 5.97 Å². The third-order valence-corrected chi connectivity index (χ3v) is 3.64. The second kappa shape index (κ2) is 7.04. The van der Waals surface area contributed by atoms with Crippen LogP contribution in [0.4, 0.5) is 15.8 Å². The number of carboxylic acid groups (broad SMARTS) is 1. The van der Waals surface area contributed by atoms with E-state index in [1.165, 1.54) is 36.4 Å². The molecule has 1 heterocycles. The molecule has 1 aromatic heterocycles. The number of aromatic amines is 1. The number of hydrogen-bond donors (Lipinski definition) is 3. The van der Waals surface area contributed by atoms with Crippen LogP contribution in [0.15, 0.2) is 48.5 Å². The average Bonchev–Trinajstić information content (AvgIpc) is 3.05. The SMILES string of the molecule is O=C(Nc1c(-c2cccc(F)c2)n[nH]c1C(=O)O)c1cccc([N+](=O)[O-])c1. The predicted molar refractivity (Wildman–Crippen MR) is 92.0 cm³/mol. The van der Waals surface area contributed by atoms with Crippen LogP contribution in [0, 0.1) is 15.9 Å². The Bertz CT molecular complexity index is 1060. The van der Waals surface area contributed by atoms with E-state index in [1.54, 1.807) is 0 Å². The number of non-ortho nitro benzene ring substituents is 1. The number of nitrogens with one attached hydrogen (secondary N) is 2. The standard InChI is InChI=1S/C17H11FN4O5/c18-11-5-1-3-9(7-11)13-14(15(17(24)25)21-20-13)19-16(23)10-4-2-6-12(8-10)22(26)27/h1-8H,(H,19,23)(H,20,21)(H,24,25). The van der Waals surface area contributed by atoms with Gasteiger partial charge in [0, 0.05) is 23.3 Å². The summed E-state index contributed by atoms with van der Waals surface area (Å²) < 4.78 is 13.5. The summed E-state index contributed by atoms with van der Waals surface area (Å²) in [6.45, 7) is 0. The van der Waals surface area contributed by atoms with Gasteiger partial charge < -0.3 is 10.4 Å². The number of benzene rings is 2. The molecule has 10 heteroatoms. The van der Waals surface area contributed by atoms with Crippen LogP contribution in [0.5, 0.6) is 0 Å². The van der Waals surface area contributed by atoms with Crippen molar-refractivity contribution in [1.29, 1.82) is 0 Å². The van der Waals surface area contributed by atoms with E-state index in [-0.39, 0.29) is 28.2 Å². The Morgan fingerprint density at radius 1 is 1.19 bits per heavy atom. The van der Waals surface area contributed by atoms with Gasteiger partial charge in [0.2, 0.25) is 0 Å². The summed E-state index contributed by atoms with van der Waals surface area (Å²) in [5, 5.41) is 28.7. The van der Waals surface area contributed by atoms with Crippen LogP contribution in [0.3, 0.4) is 0 Å². The number of amides is 1. The van der Waals surface area contributed by atoms with Gasteiger partial charge in [-0.05, 0) is 18.2 Å².